The molecule has 0 heterocycles. The Kier molecular flexibility index (Phi) is 6.96. The summed E-state index contributed by atoms with van der Waals surface area (Å²) in [5.41, 5.74) is 10.6. The van der Waals surface area contributed by atoms with E-state index in [4.69, 9.17) is 16.6 Å². The minimum Gasteiger partial charge on any atom is -0.480 e. The summed E-state index contributed by atoms with van der Waals surface area (Å²) in [4.78, 5) is 33.2. The molecule has 0 aromatic heterocycles. The lowest BCUT2D eigenvalue weighted by Crippen LogP contribution is -2.50. The van der Waals surface area contributed by atoms with Crippen molar-refractivity contribution in [3.63, 3.8) is 0 Å². The molecule has 6 N–H and O–H groups in total. The first-order valence-corrected chi connectivity index (χ1v) is 5.86. The molecule has 0 aromatic rings. The molecule has 3 unspecified atom stereocenters. The molecule has 0 rings (SSSR count). The number of rotatable bonds is 8. The fourth-order valence-electron chi connectivity index (χ4n) is 1.32. The largest absolute Gasteiger partial charge is 0.480 e. The molecule has 0 spiro atoms. The molecule has 0 fully saturated rings. The van der Waals surface area contributed by atoms with E-state index < -0.39 is 29.9 Å². The van der Waals surface area contributed by atoms with Gasteiger partial charge in [-0.25, -0.2) is 4.79 Å². The minimum atomic E-state index is -1.21. The summed E-state index contributed by atoms with van der Waals surface area (Å²) in [7, 11) is 0. The molecule has 0 aliphatic carbocycles. The van der Waals surface area contributed by atoms with Crippen LogP contribution in [0, 0.1) is 5.92 Å². The maximum Gasteiger partial charge on any atom is 0.326 e. The van der Waals surface area contributed by atoms with Crippen molar-refractivity contribution in [2.45, 2.75) is 45.2 Å². The van der Waals surface area contributed by atoms with Gasteiger partial charge in [-0.1, -0.05) is 20.3 Å². The van der Waals surface area contributed by atoms with Crippen molar-refractivity contribution < 1.29 is 19.5 Å². The number of hydrogen-bond acceptors (Lipinski definition) is 4. The van der Waals surface area contributed by atoms with Crippen LogP contribution in [0.5, 0.6) is 0 Å². The molecule has 3 atom stereocenters. The molecule has 7 heteroatoms. The number of carboxylic acid groups (broad SMARTS) is 1. The number of carboxylic acids is 1. The van der Waals surface area contributed by atoms with E-state index in [-0.39, 0.29) is 18.8 Å². The van der Waals surface area contributed by atoms with E-state index >= 15 is 0 Å². The van der Waals surface area contributed by atoms with Crippen LogP contribution in [0.4, 0.5) is 0 Å². The van der Waals surface area contributed by atoms with Crippen molar-refractivity contribution in [1.82, 2.24) is 5.32 Å². The lowest BCUT2D eigenvalue weighted by atomic mass is 9.99. The van der Waals surface area contributed by atoms with E-state index in [9.17, 15) is 14.4 Å². The molecule has 2 amide bonds. The van der Waals surface area contributed by atoms with Gasteiger partial charge in [-0.05, 0) is 12.3 Å². The maximum atomic E-state index is 11.7. The fraction of sp³-hybridized carbons (Fsp3) is 0.727. The van der Waals surface area contributed by atoms with Gasteiger partial charge in [0.05, 0.1) is 6.04 Å². The van der Waals surface area contributed by atoms with Crippen LogP contribution < -0.4 is 16.8 Å². The second kappa shape index (κ2) is 7.65. The summed E-state index contributed by atoms with van der Waals surface area (Å²) in [6.07, 6.45) is 0.576. The Morgan fingerprint density at radius 2 is 1.89 bits per heavy atom. The van der Waals surface area contributed by atoms with Crippen LogP contribution in [0.1, 0.15) is 33.1 Å². The third-order valence-corrected chi connectivity index (χ3v) is 2.85. The Morgan fingerprint density at radius 3 is 2.28 bits per heavy atom. The molecular formula is C11H21N3O4. The summed E-state index contributed by atoms with van der Waals surface area (Å²) < 4.78 is 0. The zero-order chi connectivity index (χ0) is 14.3. The number of aliphatic carboxylic acids is 1. The molecule has 0 saturated carbocycles. The Balaban J connectivity index is 4.45. The smallest absolute Gasteiger partial charge is 0.326 e. The second-order valence-corrected chi connectivity index (χ2v) is 4.32. The van der Waals surface area contributed by atoms with Crippen LogP contribution in [-0.2, 0) is 14.4 Å². The molecule has 0 saturated heterocycles. The maximum absolute atomic E-state index is 11.7. The quantitative estimate of drug-likeness (QED) is 0.452. The normalized spacial score (nSPS) is 15.5. The summed E-state index contributed by atoms with van der Waals surface area (Å²) in [6.45, 7) is 3.70. The highest BCUT2D eigenvalue weighted by Crippen LogP contribution is 2.06. The average Bonchev–Trinajstić information content (AvgIpc) is 2.31. The predicted octanol–water partition coefficient (Wildman–Crippen LogP) is -0.805. The first-order valence-electron chi connectivity index (χ1n) is 5.86. The van der Waals surface area contributed by atoms with Crippen molar-refractivity contribution >= 4 is 17.8 Å². The lowest BCUT2D eigenvalue weighted by molar-refractivity contribution is -0.142. The molecular weight excluding hydrogens is 238 g/mol. The van der Waals surface area contributed by atoms with Crippen molar-refractivity contribution in [2.75, 3.05) is 0 Å². The van der Waals surface area contributed by atoms with E-state index in [1.807, 2.05) is 13.8 Å². The Labute approximate surface area is 106 Å². The Morgan fingerprint density at radius 1 is 1.33 bits per heavy atom. The molecule has 0 aromatic carbocycles. The number of primary amides is 1. The van der Waals surface area contributed by atoms with Crippen molar-refractivity contribution in [2.24, 2.45) is 17.4 Å². The van der Waals surface area contributed by atoms with Crippen molar-refractivity contribution in [1.29, 1.82) is 0 Å². The van der Waals surface area contributed by atoms with Gasteiger partial charge in [-0.3, -0.25) is 9.59 Å². The SMILES string of the molecule is CCC(C)C(N)C(=O)NC(CCC(N)=O)C(=O)O. The Bertz CT molecular complexity index is 319. The van der Waals surface area contributed by atoms with Crippen LogP contribution in [0.3, 0.4) is 0 Å². The highest BCUT2D eigenvalue weighted by Gasteiger charge is 2.25. The van der Waals surface area contributed by atoms with Crippen LogP contribution >= 0.6 is 0 Å². The standard InChI is InChI=1S/C11H21N3O4/c1-3-6(2)9(13)10(16)14-7(11(17)18)4-5-8(12)15/h6-7,9H,3-5,13H2,1-2H3,(H2,12,15)(H,14,16)(H,17,18). The lowest BCUT2D eigenvalue weighted by Gasteiger charge is -2.20. The average molecular weight is 259 g/mol. The zero-order valence-electron chi connectivity index (χ0n) is 10.7. The molecule has 0 radical (unpaired) electrons. The van der Waals surface area contributed by atoms with E-state index in [2.05, 4.69) is 5.32 Å². The third kappa shape index (κ3) is 5.62. The summed E-state index contributed by atoms with van der Waals surface area (Å²) in [5.74, 6) is -2.39. The van der Waals surface area contributed by atoms with Crippen molar-refractivity contribution in [3.05, 3.63) is 0 Å². The molecule has 7 nitrogen and oxygen atoms in total. The third-order valence-electron chi connectivity index (χ3n) is 2.85. The molecule has 104 valence electrons. The molecule has 0 aliphatic rings. The number of nitrogens with one attached hydrogen (secondary N) is 1. The van der Waals surface area contributed by atoms with Gasteiger partial charge in [-0.2, -0.15) is 0 Å². The van der Waals surface area contributed by atoms with Gasteiger partial charge in [0.25, 0.3) is 0 Å². The molecule has 0 aliphatic heterocycles. The van der Waals surface area contributed by atoms with Gasteiger partial charge in [0.1, 0.15) is 6.04 Å². The monoisotopic (exact) mass is 259 g/mol. The summed E-state index contributed by atoms with van der Waals surface area (Å²) in [6, 6.07) is -1.90. The van der Waals surface area contributed by atoms with Gasteiger partial charge in [0, 0.05) is 6.42 Å². The van der Waals surface area contributed by atoms with Crippen LogP contribution in [0.2, 0.25) is 0 Å². The van der Waals surface area contributed by atoms with Crippen LogP contribution in [0.25, 0.3) is 0 Å². The Hall–Kier alpha value is -1.63. The van der Waals surface area contributed by atoms with E-state index in [0.717, 1.165) is 0 Å². The number of amides is 2. The fourth-order valence-corrected chi connectivity index (χ4v) is 1.32. The summed E-state index contributed by atoms with van der Waals surface area (Å²) in [5, 5.41) is 11.2. The van der Waals surface area contributed by atoms with Crippen molar-refractivity contribution in [3.8, 4) is 0 Å². The number of carbonyl (C=O) groups is 3. The van der Waals surface area contributed by atoms with Gasteiger partial charge in [0.2, 0.25) is 11.8 Å². The van der Waals surface area contributed by atoms with Gasteiger partial charge < -0.3 is 21.9 Å². The minimum absolute atomic E-state index is 0.0381. The number of carbonyl (C=O) groups excluding carboxylic acids is 2. The van der Waals surface area contributed by atoms with Crippen LogP contribution in [-0.4, -0.2) is 35.0 Å². The highest BCUT2D eigenvalue weighted by molar-refractivity contribution is 5.87. The van der Waals surface area contributed by atoms with Gasteiger partial charge in [0.15, 0.2) is 0 Å². The first-order chi connectivity index (χ1) is 8.29. The highest BCUT2D eigenvalue weighted by atomic mass is 16.4. The van der Waals surface area contributed by atoms with E-state index in [1.54, 1.807) is 0 Å². The first kappa shape index (κ1) is 16.4. The number of nitrogens with two attached hydrogens (primary N) is 2. The van der Waals surface area contributed by atoms with Crippen LogP contribution in [0.15, 0.2) is 0 Å². The zero-order valence-corrected chi connectivity index (χ0v) is 10.7. The molecule has 0 bridgehead atoms. The van der Waals surface area contributed by atoms with Gasteiger partial charge >= 0.3 is 5.97 Å². The second-order valence-electron chi connectivity index (χ2n) is 4.32. The van der Waals surface area contributed by atoms with E-state index in [0.29, 0.717) is 6.42 Å². The topological polar surface area (TPSA) is 136 Å². The summed E-state index contributed by atoms with van der Waals surface area (Å²) >= 11 is 0. The molecule has 18 heavy (non-hydrogen) atoms. The number of hydrogen-bond donors (Lipinski definition) is 4. The predicted molar refractivity (Wildman–Crippen MR) is 65.4 cm³/mol. The van der Waals surface area contributed by atoms with Gasteiger partial charge in [-0.15, -0.1) is 0 Å². The van der Waals surface area contributed by atoms with E-state index in [1.165, 1.54) is 0 Å².